The van der Waals surface area contributed by atoms with Crippen LogP contribution >= 0.6 is 0 Å². The highest BCUT2D eigenvalue weighted by molar-refractivity contribution is 5.55. The van der Waals surface area contributed by atoms with Crippen molar-refractivity contribution < 1.29 is 23.0 Å². The molecule has 3 rings (SSSR count). The van der Waals surface area contributed by atoms with Crippen LogP contribution in [0.15, 0.2) is 18.2 Å². The number of tetrazole rings is 1. The molecule has 0 unspecified atom stereocenters. The molecular formula is C14H16F3N5O2. The van der Waals surface area contributed by atoms with Crippen LogP contribution in [-0.2, 0) is 12.7 Å². The van der Waals surface area contributed by atoms with Gasteiger partial charge in [-0.05, 0) is 41.5 Å². The highest BCUT2D eigenvalue weighted by atomic mass is 19.4. The van der Waals surface area contributed by atoms with Gasteiger partial charge in [-0.25, -0.2) is 4.68 Å². The summed E-state index contributed by atoms with van der Waals surface area (Å²) in [4.78, 5) is 0. The lowest BCUT2D eigenvalue weighted by Gasteiger charge is -2.16. The van der Waals surface area contributed by atoms with Crippen LogP contribution in [0.4, 0.5) is 18.9 Å². The minimum atomic E-state index is -4.54. The van der Waals surface area contributed by atoms with Crippen molar-refractivity contribution in [2.45, 2.75) is 31.6 Å². The summed E-state index contributed by atoms with van der Waals surface area (Å²) < 4.78 is 46.4. The van der Waals surface area contributed by atoms with Crippen LogP contribution in [0.25, 0.3) is 0 Å². The van der Waals surface area contributed by atoms with Gasteiger partial charge in [0.15, 0.2) is 5.82 Å². The molecule has 130 valence electrons. The Hall–Kier alpha value is -2.36. The standard InChI is InChI=1S/C14H16F3N5O2/c15-14(16,17)11-7-10(24-6-5-23)3-4-12(11)18-8-13-19-20-21-22(13)9-1-2-9/h3-4,7,9,18,23H,1-2,5-6,8H2. The van der Waals surface area contributed by atoms with Crippen molar-refractivity contribution in [3.8, 4) is 5.75 Å². The molecule has 1 aliphatic rings. The molecule has 10 heteroatoms. The predicted octanol–water partition coefficient (Wildman–Crippen LogP) is 2.01. The first-order valence-electron chi connectivity index (χ1n) is 7.44. The fraction of sp³-hybridized carbons (Fsp3) is 0.500. The Morgan fingerprint density at radius 1 is 1.33 bits per heavy atom. The number of hydrogen-bond acceptors (Lipinski definition) is 6. The van der Waals surface area contributed by atoms with E-state index in [0.717, 1.165) is 18.9 Å². The Morgan fingerprint density at radius 2 is 2.12 bits per heavy atom. The first-order valence-corrected chi connectivity index (χ1v) is 7.44. The van der Waals surface area contributed by atoms with Gasteiger partial charge >= 0.3 is 6.18 Å². The summed E-state index contributed by atoms with van der Waals surface area (Å²) in [5, 5.41) is 22.7. The number of halogens is 3. The average molecular weight is 343 g/mol. The van der Waals surface area contributed by atoms with Crippen molar-refractivity contribution >= 4 is 5.69 Å². The summed E-state index contributed by atoms with van der Waals surface area (Å²) in [5.41, 5.74) is -0.924. The number of aliphatic hydroxyl groups excluding tert-OH is 1. The average Bonchev–Trinajstić information content (AvgIpc) is 3.29. The number of benzene rings is 1. The van der Waals surface area contributed by atoms with Crippen LogP contribution in [0.5, 0.6) is 5.75 Å². The molecule has 1 aliphatic carbocycles. The number of nitrogens with one attached hydrogen (secondary N) is 1. The number of alkyl halides is 3. The van der Waals surface area contributed by atoms with E-state index in [1.165, 1.54) is 12.1 Å². The molecule has 0 atom stereocenters. The number of aliphatic hydroxyl groups is 1. The third kappa shape index (κ3) is 3.75. The summed E-state index contributed by atoms with van der Waals surface area (Å²) >= 11 is 0. The second kappa shape index (κ2) is 6.63. The lowest BCUT2D eigenvalue weighted by Crippen LogP contribution is -2.14. The lowest BCUT2D eigenvalue weighted by molar-refractivity contribution is -0.137. The van der Waals surface area contributed by atoms with E-state index in [1.54, 1.807) is 4.68 Å². The molecular weight excluding hydrogens is 327 g/mol. The minimum absolute atomic E-state index is 0.0461. The number of nitrogens with zero attached hydrogens (tertiary/aromatic N) is 4. The Kier molecular flexibility index (Phi) is 4.56. The van der Waals surface area contributed by atoms with E-state index in [-0.39, 0.29) is 37.2 Å². The van der Waals surface area contributed by atoms with Crippen molar-refractivity contribution in [2.75, 3.05) is 18.5 Å². The summed E-state index contributed by atoms with van der Waals surface area (Å²) in [7, 11) is 0. The fourth-order valence-corrected chi connectivity index (χ4v) is 2.27. The van der Waals surface area contributed by atoms with E-state index >= 15 is 0 Å². The molecule has 0 aliphatic heterocycles. The van der Waals surface area contributed by atoms with Crippen LogP contribution in [0.3, 0.4) is 0 Å². The largest absolute Gasteiger partial charge is 0.491 e. The lowest BCUT2D eigenvalue weighted by atomic mass is 10.1. The van der Waals surface area contributed by atoms with Gasteiger partial charge in [0, 0.05) is 5.69 Å². The van der Waals surface area contributed by atoms with E-state index in [9.17, 15) is 13.2 Å². The van der Waals surface area contributed by atoms with Gasteiger partial charge in [0.05, 0.1) is 24.8 Å². The van der Waals surface area contributed by atoms with E-state index in [0.29, 0.717) is 5.82 Å². The monoisotopic (exact) mass is 343 g/mol. The maximum Gasteiger partial charge on any atom is 0.418 e. The van der Waals surface area contributed by atoms with E-state index in [4.69, 9.17) is 9.84 Å². The fourth-order valence-electron chi connectivity index (χ4n) is 2.27. The molecule has 0 amide bonds. The first kappa shape index (κ1) is 16.5. The zero-order valence-corrected chi connectivity index (χ0v) is 12.6. The van der Waals surface area contributed by atoms with Crippen LogP contribution in [0.2, 0.25) is 0 Å². The molecule has 7 nitrogen and oxygen atoms in total. The maximum atomic E-state index is 13.2. The quantitative estimate of drug-likeness (QED) is 0.800. The highest BCUT2D eigenvalue weighted by Crippen LogP contribution is 2.38. The Balaban J connectivity index is 1.77. The third-order valence-electron chi connectivity index (χ3n) is 3.55. The van der Waals surface area contributed by atoms with Crippen LogP contribution in [0.1, 0.15) is 30.3 Å². The number of hydrogen-bond donors (Lipinski definition) is 2. The maximum absolute atomic E-state index is 13.2. The summed E-state index contributed by atoms with van der Waals surface area (Å²) in [6.45, 7) is -0.255. The number of anilines is 1. The van der Waals surface area contributed by atoms with Gasteiger partial charge < -0.3 is 15.2 Å². The molecule has 1 aromatic carbocycles. The number of ether oxygens (including phenoxy) is 1. The molecule has 0 saturated heterocycles. The molecule has 0 spiro atoms. The number of aromatic nitrogens is 4. The van der Waals surface area contributed by atoms with Gasteiger partial charge in [0.2, 0.25) is 0 Å². The summed E-state index contributed by atoms with van der Waals surface area (Å²) in [6, 6.07) is 3.85. The summed E-state index contributed by atoms with van der Waals surface area (Å²) in [6.07, 6.45) is -2.59. The number of rotatable bonds is 7. The first-order chi connectivity index (χ1) is 11.5. The topological polar surface area (TPSA) is 85.1 Å². The van der Waals surface area contributed by atoms with Gasteiger partial charge in [0.25, 0.3) is 0 Å². The highest BCUT2D eigenvalue weighted by Gasteiger charge is 2.34. The molecule has 24 heavy (non-hydrogen) atoms. The molecule has 0 radical (unpaired) electrons. The van der Waals surface area contributed by atoms with Crippen molar-refractivity contribution in [3.05, 3.63) is 29.6 Å². The molecule has 1 aromatic heterocycles. The zero-order valence-electron chi connectivity index (χ0n) is 12.6. The Labute approximate surface area is 135 Å². The van der Waals surface area contributed by atoms with Gasteiger partial charge in [0.1, 0.15) is 12.4 Å². The normalized spacial score (nSPS) is 14.7. The van der Waals surface area contributed by atoms with E-state index in [1.807, 2.05) is 0 Å². The van der Waals surface area contributed by atoms with Crippen LogP contribution in [-0.4, -0.2) is 38.5 Å². The molecule has 0 bridgehead atoms. The smallest absolute Gasteiger partial charge is 0.418 e. The van der Waals surface area contributed by atoms with Crippen LogP contribution < -0.4 is 10.1 Å². The van der Waals surface area contributed by atoms with Gasteiger partial charge in [-0.1, -0.05) is 0 Å². The zero-order chi connectivity index (χ0) is 17.2. The van der Waals surface area contributed by atoms with Crippen molar-refractivity contribution in [3.63, 3.8) is 0 Å². The van der Waals surface area contributed by atoms with Crippen molar-refractivity contribution in [1.82, 2.24) is 20.2 Å². The Bertz CT molecular complexity index is 700. The minimum Gasteiger partial charge on any atom is -0.491 e. The Morgan fingerprint density at radius 3 is 2.79 bits per heavy atom. The van der Waals surface area contributed by atoms with E-state index < -0.39 is 11.7 Å². The van der Waals surface area contributed by atoms with Crippen molar-refractivity contribution in [2.24, 2.45) is 0 Å². The van der Waals surface area contributed by atoms with Gasteiger partial charge in [-0.3, -0.25) is 0 Å². The molecule has 2 N–H and O–H groups in total. The van der Waals surface area contributed by atoms with Crippen LogP contribution in [0, 0.1) is 0 Å². The molecule has 2 aromatic rings. The third-order valence-corrected chi connectivity index (χ3v) is 3.55. The molecule has 1 heterocycles. The molecule has 1 fully saturated rings. The SMILES string of the molecule is OCCOc1ccc(NCc2nnnn2C2CC2)c(C(F)(F)F)c1. The molecule has 1 saturated carbocycles. The van der Waals surface area contributed by atoms with Gasteiger partial charge in [-0.2, -0.15) is 13.2 Å². The van der Waals surface area contributed by atoms with Gasteiger partial charge in [-0.15, -0.1) is 5.10 Å². The van der Waals surface area contributed by atoms with Crippen molar-refractivity contribution in [1.29, 1.82) is 0 Å². The summed E-state index contributed by atoms with van der Waals surface area (Å²) in [5.74, 6) is 0.538. The predicted molar refractivity (Wildman–Crippen MR) is 77.4 cm³/mol. The van der Waals surface area contributed by atoms with E-state index in [2.05, 4.69) is 20.8 Å². The second-order valence-electron chi connectivity index (χ2n) is 5.40. The second-order valence-corrected chi connectivity index (χ2v) is 5.40.